The number of para-hydroxylation sites is 2. The van der Waals surface area contributed by atoms with Crippen LogP contribution in [0.1, 0.15) is 34.6 Å². The van der Waals surface area contributed by atoms with Gasteiger partial charge in [0, 0.05) is 23.8 Å². The SMILES string of the molecule is COc1ccccc1-n1cccc1[C@@H]1[C@H](c2ccccn2)NC(=S)N1c1ccc(C)c(C)c1. The Morgan fingerprint density at radius 3 is 2.52 bits per heavy atom. The van der Waals surface area contributed by atoms with Gasteiger partial charge in [-0.25, -0.2) is 0 Å². The van der Waals surface area contributed by atoms with Crippen LogP contribution in [0.2, 0.25) is 0 Å². The molecule has 2 aromatic heterocycles. The first kappa shape index (κ1) is 21.2. The standard InChI is InChI=1S/C27H26N4OS/c1-18-13-14-20(17-19(18)2)31-26(25(29-27(31)33)21-9-6-7-15-28-21)23-11-8-16-30(23)22-10-4-5-12-24(22)32-3/h4-17,25-26H,1-3H3,(H,29,33)/t25-,26+/m0/s1. The van der Waals surface area contributed by atoms with Crippen LogP contribution in [0.3, 0.4) is 0 Å². The predicted octanol–water partition coefficient (Wildman–Crippen LogP) is 5.67. The summed E-state index contributed by atoms with van der Waals surface area (Å²) in [5, 5.41) is 4.24. The van der Waals surface area contributed by atoms with Crippen LogP contribution in [0, 0.1) is 13.8 Å². The molecule has 4 aromatic rings. The molecule has 1 N–H and O–H groups in total. The lowest BCUT2D eigenvalue weighted by Crippen LogP contribution is -2.30. The fourth-order valence-corrected chi connectivity index (χ4v) is 4.84. The van der Waals surface area contributed by atoms with E-state index in [0.29, 0.717) is 5.11 Å². The summed E-state index contributed by atoms with van der Waals surface area (Å²) in [6, 6.07) is 24.6. The van der Waals surface area contributed by atoms with Crippen molar-refractivity contribution in [3.05, 3.63) is 108 Å². The molecule has 0 amide bonds. The number of ether oxygens (including phenoxy) is 1. The third-order valence-corrected chi connectivity index (χ3v) is 6.61. The van der Waals surface area contributed by atoms with Gasteiger partial charge in [0.05, 0.1) is 24.5 Å². The fourth-order valence-electron chi connectivity index (χ4n) is 4.49. The summed E-state index contributed by atoms with van der Waals surface area (Å²) in [7, 11) is 1.70. The molecule has 0 saturated carbocycles. The number of anilines is 1. The molecule has 1 fully saturated rings. The minimum atomic E-state index is -0.108. The summed E-state index contributed by atoms with van der Waals surface area (Å²) in [5.41, 5.74) is 6.58. The minimum absolute atomic E-state index is 0.102. The van der Waals surface area contributed by atoms with Gasteiger partial charge in [0.15, 0.2) is 5.11 Å². The summed E-state index contributed by atoms with van der Waals surface area (Å²) < 4.78 is 7.86. The van der Waals surface area contributed by atoms with Crippen molar-refractivity contribution < 1.29 is 4.74 Å². The topological polar surface area (TPSA) is 42.3 Å². The molecule has 1 aliphatic rings. The van der Waals surface area contributed by atoms with E-state index >= 15 is 0 Å². The predicted molar refractivity (Wildman–Crippen MR) is 136 cm³/mol. The summed E-state index contributed by atoms with van der Waals surface area (Å²) in [6.45, 7) is 4.26. The van der Waals surface area contributed by atoms with Gasteiger partial charge in [0.2, 0.25) is 0 Å². The van der Waals surface area contributed by atoms with E-state index in [1.165, 1.54) is 11.1 Å². The maximum Gasteiger partial charge on any atom is 0.174 e. The first-order chi connectivity index (χ1) is 16.1. The molecule has 0 spiro atoms. The molecule has 5 nitrogen and oxygen atoms in total. The minimum Gasteiger partial charge on any atom is -0.495 e. The highest BCUT2D eigenvalue weighted by Gasteiger charge is 2.42. The number of aryl methyl sites for hydroxylation is 2. The van der Waals surface area contributed by atoms with E-state index in [2.05, 4.69) is 76.2 Å². The Kier molecular flexibility index (Phi) is 5.60. The number of nitrogens with zero attached hydrogens (tertiary/aromatic N) is 3. The fraction of sp³-hybridized carbons (Fsp3) is 0.185. The van der Waals surface area contributed by atoms with E-state index < -0.39 is 0 Å². The second-order valence-corrected chi connectivity index (χ2v) is 8.63. The Morgan fingerprint density at radius 1 is 0.939 bits per heavy atom. The lowest BCUT2D eigenvalue weighted by molar-refractivity contribution is 0.412. The Labute approximate surface area is 199 Å². The van der Waals surface area contributed by atoms with Crippen LogP contribution in [0.25, 0.3) is 5.69 Å². The van der Waals surface area contributed by atoms with Crippen molar-refractivity contribution in [1.82, 2.24) is 14.9 Å². The number of rotatable bonds is 5. The van der Waals surface area contributed by atoms with Gasteiger partial charge in [-0.3, -0.25) is 4.98 Å². The van der Waals surface area contributed by atoms with Gasteiger partial charge in [-0.05, 0) is 85.7 Å². The second kappa shape index (κ2) is 8.71. The average molecular weight is 455 g/mol. The van der Waals surface area contributed by atoms with E-state index in [9.17, 15) is 0 Å². The number of aromatic nitrogens is 2. The first-order valence-electron chi connectivity index (χ1n) is 11.0. The Balaban J connectivity index is 1.69. The summed E-state index contributed by atoms with van der Waals surface area (Å²) in [5.74, 6) is 0.815. The van der Waals surface area contributed by atoms with Gasteiger partial charge >= 0.3 is 0 Å². The molecule has 0 unspecified atom stereocenters. The molecule has 3 heterocycles. The number of hydrogen-bond acceptors (Lipinski definition) is 3. The normalized spacial score (nSPS) is 17.8. The number of nitrogens with one attached hydrogen (secondary N) is 1. The molecule has 2 aromatic carbocycles. The molecule has 6 heteroatoms. The van der Waals surface area contributed by atoms with Crippen molar-refractivity contribution in [2.75, 3.05) is 12.0 Å². The van der Waals surface area contributed by atoms with Crippen LogP contribution < -0.4 is 15.0 Å². The lowest BCUT2D eigenvalue weighted by Gasteiger charge is -2.29. The van der Waals surface area contributed by atoms with Crippen molar-refractivity contribution >= 4 is 23.0 Å². The summed E-state index contributed by atoms with van der Waals surface area (Å²) in [4.78, 5) is 6.88. The summed E-state index contributed by atoms with van der Waals surface area (Å²) >= 11 is 5.89. The zero-order chi connectivity index (χ0) is 22.9. The number of methoxy groups -OCH3 is 1. The van der Waals surface area contributed by atoms with Crippen molar-refractivity contribution in [2.45, 2.75) is 25.9 Å². The van der Waals surface area contributed by atoms with Crippen molar-refractivity contribution in [3.63, 3.8) is 0 Å². The van der Waals surface area contributed by atoms with Gasteiger partial charge in [-0.1, -0.05) is 24.3 Å². The lowest BCUT2D eigenvalue weighted by atomic mass is 10.00. The maximum atomic E-state index is 5.89. The monoisotopic (exact) mass is 454 g/mol. The molecule has 1 aliphatic heterocycles. The molecule has 1 saturated heterocycles. The Bertz CT molecular complexity index is 1300. The third kappa shape index (κ3) is 3.76. The van der Waals surface area contributed by atoms with E-state index in [0.717, 1.165) is 28.5 Å². The van der Waals surface area contributed by atoms with Gasteiger partial charge in [-0.15, -0.1) is 0 Å². The van der Waals surface area contributed by atoms with Crippen molar-refractivity contribution in [3.8, 4) is 11.4 Å². The van der Waals surface area contributed by atoms with Crippen LogP contribution in [0.5, 0.6) is 5.75 Å². The van der Waals surface area contributed by atoms with Crippen LogP contribution >= 0.6 is 12.2 Å². The largest absolute Gasteiger partial charge is 0.495 e. The molecule has 33 heavy (non-hydrogen) atoms. The molecular formula is C27H26N4OS. The van der Waals surface area contributed by atoms with Gasteiger partial charge in [0.25, 0.3) is 0 Å². The second-order valence-electron chi connectivity index (χ2n) is 8.24. The van der Waals surface area contributed by atoms with E-state index in [1.807, 2.05) is 42.6 Å². The van der Waals surface area contributed by atoms with E-state index in [4.69, 9.17) is 17.0 Å². The highest BCUT2D eigenvalue weighted by Crippen LogP contribution is 2.43. The highest BCUT2D eigenvalue weighted by molar-refractivity contribution is 7.80. The molecule has 2 atom stereocenters. The number of hydrogen-bond donors (Lipinski definition) is 1. The first-order valence-corrected chi connectivity index (χ1v) is 11.4. The van der Waals surface area contributed by atoms with Crippen molar-refractivity contribution in [2.24, 2.45) is 0 Å². The average Bonchev–Trinajstić information content (AvgIpc) is 3.45. The number of benzene rings is 2. The van der Waals surface area contributed by atoms with Crippen LogP contribution in [-0.2, 0) is 0 Å². The van der Waals surface area contributed by atoms with Gasteiger partial charge in [0.1, 0.15) is 11.8 Å². The van der Waals surface area contributed by atoms with Crippen LogP contribution in [0.15, 0.2) is 85.2 Å². The smallest absolute Gasteiger partial charge is 0.174 e. The quantitative estimate of drug-likeness (QED) is 0.393. The highest BCUT2D eigenvalue weighted by atomic mass is 32.1. The van der Waals surface area contributed by atoms with E-state index in [1.54, 1.807) is 7.11 Å². The van der Waals surface area contributed by atoms with Crippen LogP contribution in [0.4, 0.5) is 5.69 Å². The molecular weight excluding hydrogens is 428 g/mol. The Morgan fingerprint density at radius 2 is 1.76 bits per heavy atom. The van der Waals surface area contributed by atoms with Gasteiger partial charge in [-0.2, -0.15) is 0 Å². The molecule has 0 bridgehead atoms. The number of thiocarbonyl (C=S) groups is 1. The van der Waals surface area contributed by atoms with E-state index in [-0.39, 0.29) is 12.1 Å². The Hall–Kier alpha value is -3.64. The zero-order valence-electron chi connectivity index (χ0n) is 18.9. The number of pyridine rings is 1. The zero-order valence-corrected chi connectivity index (χ0v) is 19.7. The summed E-state index contributed by atoms with van der Waals surface area (Å²) in [6.07, 6.45) is 3.90. The van der Waals surface area contributed by atoms with Crippen molar-refractivity contribution in [1.29, 1.82) is 0 Å². The van der Waals surface area contributed by atoms with Crippen LogP contribution in [-0.4, -0.2) is 21.8 Å². The maximum absolute atomic E-state index is 5.89. The molecule has 0 radical (unpaired) electrons. The molecule has 166 valence electrons. The van der Waals surface area contributed by atoms with Gasteiger partial charge < -0.3 is 19.5 Å². The molecule has 0 aliphatic carbocycles. The third-order valence-electron chi connectivity index (χ3n) is 6.29. The molecule has 5 rings (SSSR count).